The van der Waals surface area contributed by atoms with Crippen LogP contribution in [-0.4, -0.2) is 28.8 Å². The zero-order valence-electron chi connectivity index (χ0n) is 12.0. The molecule has 0 radical (unpaired) electrons. The molecule has 1 aromatic rings. The Morgan fingerprint density at radius 3 is 2.75 bits per heavy atom. The van der Waals surface area contributed by atoms with E-state index in [9.17, 15) is 0 Å². The molecule has 1 atom stereocenters. The van der Waals surface area contributed by atoms with Gasteiger partial charge in [0.1, 0.15) is 11.6 Å². The molecule has 1 saturated carbocycles. The average Bonchev–Trinajstić information content (AvgIpc) is 3.16. The van der Waals surface area contributed by atoms with Crippen LogP contribution in [0.2, 0.25) is 0 Å². The van der Waals surface area contributed by atoms with Crippen molar-refractivity contribution >= 4 is 23.4 Å². The number of nitrogens with zero attached hydrogens (tertiary/aromatic N) is 3. The van der Waals surface area contributed by atoms with Crippen LogP contribution in [0.4, 0.5) is 11.6 Å². The Labute approximate surface area is 124 Å². The van der Waals surface area contributed by atoms with E-state index in [2.05, 4.69) is 20.3 Å². The van der Waals surface area contributed by atoms with Crippen molar-refractivity contribution in [3.63, 3.8) is 0 Å². The second-order valence-electron chi connectivity index (χ2n) is 5.69. The van der Waals surface area contributed by atoms with Crippen LogP contribution < -0.4 is 16.2 Å². The largest absolute Gasteiger partial charge is 0.353 e. The Bertz CT molecular complexity index is 439. The Balaban J connectivity index is 1.86. The molecule has 2 fully saturated rings. The third kappa shape index (κ3) is 2.72. The van der Waals surface area contributed by atoms with Gasteiger partial charge in [0.2, 0.25) is 0 Å². The number of nitrogens with two attached hydrogens (primary N) is 1. The zero-order chi connectivity index (χ0) is 13.9. The van der Waals surface area contributed by atoms with Crippen molar-refractivity contribution in [2.24, 2.45) is 11.8 Å². The Kier molecular flexibility index (Phi) is 4.31. The van der Waals surface area contributed by atoms with Crippen LogP contribution in [0.3, 0.4) is 0 Å². The summed E-state index contributed by atoms with van der Waals surface area (Å²) in [5.74, 6) is 8.12. The SMILES string of the molecule is CSc1nc(NN)cc(N2CCCC2C2CCCC2)n1. The lowest BCUT2D eigenvalue weighted by Gasteiger charge is -2.30. The van der Waals surface area contributed by atoms with E-state index in [0.29, 0.717) is 11.9 Å². The van der Waals surface area contributed by atoms with Crippen molar-refractivity contribution in [2.75, 3.05) is 23.1 Å². The normalized spacial score (nSPS) is 23.5. The molecular formula is C14H23N5S. The number of hydrogen-bond acceptors (Lipinski definition) is 6. The topological polar surface area (TPSA) is 67.1 Å². The standard InChI is InChI=1S/C14H23N5S/c1-20-14-16-12(18-15)9-13(17-14)19-8-4-7-11(19)10-5-2-3-6-10/h9-11H,2-8,15H2,1H3,(H,16,17,18). The molecule has 0 aromatic carbocycles. The molecular weight excluding hydrogens is 270 g/mol. The van der Waals surface area contributed by atoms with Gasteiger partial charge in [-0.05, 0) is 37.9 Å². The van der Waals surface area contributed by atoms with E-state index in [0.717, 1.165) is 23.4 Å². The summed E-state index contributed by atoms with van der Waals surface area (Å²) in [6, 6.07) is 2.64. The molecule has 3 N–H and O–H groups in total. The number of aromatic nitrogens is 2. The number of hydrazine groups is 1. The maximum atomic E-state index is 5.53. The molecule has 0 amide bonds. The zero-order valence-corrected chi connectivity index (χ0v) is 12.8. The molecule has 6 heteroatoms. The molecule has 2 heterocycles. The first-order valence-corrected chi connectivity index (χ1v) is 8.70. The van der Waals surface area contributed by atoms with E-state index < -0.39 is 0 Å². The highest BCUT2D eigenvalue weighted by Crippen LogP contribution is 2.37. The molecule has 1 aliphatic carbocycles. The highest BCUT2D eigenvalue weighted by atomic mass is 32.2. The Morgan fingerprint density at radius 2 is 2.05 bits per heavy atom. The Hall–Kier alpha value is -1.01. The number of nitrogens with one attached hydrogen (secondary N) is 1. The first-order valence-electron chi connectivity index (χ1n) is 7.48. The lowest BCUT2D eigenvalue weighted by molar-refractivity contribution is 0.428. The summed E-state index contributed by atoms with van der Waals surface area (Å²) in [6.07, 6.45) is 10.1. The number of rotatable bonds is 4. The molecule has 0 bridgehead atoms. The van der Waals surface area contributed by atoms with Gasteiger partial charge in [0.05, 0.1) is 0 Å². The summed E-state index contributed by atoms with van der Waals surface area (Å²) < 4.78 is 0. The number of hydrogen-bond donors (Lipinski definition) is 2. The summed E-state index contributed by atoms with van der Waals surface area (Å²) >= 11 is 1.56. The molecule has 3 rings (SSSR count). The van der Waals surface area contributed by atoms with Crippen molar-refractivity contribution in [2.45, 2.75) is 49.7 Å². The average molecular weight is 293 g/mol. The Morgan fingerprint density at radius 1 is 1.25 bits per heavy atom. The second-order valence-corrected chi connectivity index (χ2v) is 6.46. The fraction of sp³-hybridized carbons (Fsp3) is 0.714. The van der Waals surface area contributed by atoms with Gasteiger partial charge in [0.25, 0.3) is 0 Å². The maximum absolute atomic E-state index is 5.53. The highest BCUT2D eigenvalue weighted by molar-refractivity contribution is 7.98. The van der Waals surface area contributed by atoms with Crippen LogP contribution in [-0.2, 0) is 0 Å². The van der Waals surface area contributed by atoms with Gasteiger partial charge in [-0.3, -0.25) is 0 Å². The van der Waals surface area contributed by atoms with Crippen molar-refractivity contribution in [1.29, 1.82) is 0 Å². The third-order valence-electron chi connectivity index (χ3n) is 4.56. The molecule has 1 aromatic heterocycles. The minimum atomic E-state index is 0.660. The lowest BCUT2D eigenvalue weighted by Crippen LogP contribution is -2.35. The van der Waals surface area contributed by atoms with E-state index >= 15 is 0 Å². The summed E-state index contributed by atoms with van der Waals surface area (Å²) in [6.45, 7) is 1.11. The number of anilines is 2. The minimum absolute atomic E-state index is 0.660. The van der Waals surface area contributed by atoms with Gasteiger partial charge in [0.15, 0.2) is 5.16 Å². The van der Waals surface area contributed by atoms with E-state index in [-0.39, 0.29) is 0 Å². The van der Waals surface area contributed by atoms with Crippen LogP contribution in [0.1, 0.15) is 38.5 Å². The monoisotopic (exact) mass is 293 g/mol. The first kappa shape index (κ1) is 13.9. The summed E-state index contributed by atoms with van der Waals surface area (Å²) in [7, 11) is 0. The fourth-order valence-electron chi connectivity index (χ4n) is 3.63. The first-order chi connectivity index (χ1) is 9.81. The quantitative estimate of drug-likeness (QED) is 0.385. The van der Waals surface area contributed by atoms with Gasteiger partial charge >= 0.3 is 0 Å². The lowest BCUT2D eigenvalue weighted by atomic mass is 9.96. The molecule has 110 valence electrons. The number of thioether (sulfide) groups is 1. The van der Waals surface area contributed by atoms with Crippen LogP contribution >= 0.6 is 11.8 Å². The molecule has 0 spiro atoms. The van der Waals surface area contributed by atoms with Gasteiger partial charge < -0.3 is 10.3 Å². The van der Waals surface area contributed by atoms with E-state index in [1.807, 2.05) is 12.3 Å². The van der Waals surface area contributed by atoms with Gasteiger partial charge in [-0.1, -0.05) is 24.6 Å². The molecule has 1 aliphatic heterocycles. The van der Waals surface area contributed by atoms with Crippen molar-refractivity contribution in [1.82, 2.24) is 9.97 Å². The molecule has 2 aliphatic rings. The summed E-state index contributed by atoms with van der Waals surface area (Å²) in [4.78, 5) is 11.5. The van der Waals surface area contributed by atoms with E-state index in [4.69, 9.17) is 5.84 Å². The second kappa shape index (κ2) is 6.18. The highest BCUT2D eigenvalue weighted by Gasteiger charge is 2.34. The van der Waals surface area contributed by atoms with Crippen molar-refractivity contribution < 1.29 is 0 Å². The van der Waals surface area contributed by atoms with Crippen LogP contribution in [0.5, 0.6) is 0 Å². The van der Waals surface area contributed by atoms with E-state index in [1.165, 1.54) is 38.5 Å². The van der Waals surface area contributed by atoms with E-state index in [1.54, 1.807) is 11.8 Å². The van der Waals surface area contributed by atoms with Crippen LogP contribution in [0.25, 0.3) is 0 Å². The van der Waals surface area contributed by atoms with Gasteiger partial charge in [-0.25, -0.2) is 15.8 Å². The van der Waals surface area contributed by atoms with Crippen LogP contribution in [0, 0.1) is 5.92 Å². The molecule has 1 saturated heterocycles. The van der Waals surface area contributed by atoms with Gasteiger partial charge in [0, 0.05) is 18.7 Å². The maximum Gasteiger partial charge on any atom is 0.191 e. The van der Waals surface area contributed by atoms with Gasteiger partial charge in [-0.2, -0.15) is 0 Å². The van der Waals surface area contributed by atoms with Crippen molar-refractivity contribution in [3.8, 4) is 0 Å². The fourth-order valence-corrected chi connectivity index (χ4v) is 4.01. The smallest absolute Gasteiger partial charge is 0.191 e. The summed E-state index contributed by atoms with van der Waals surface area (Å²) in [5.41, 5.74) is 2.66. The van der Waals surface area contributed by atoms with Crippen molar-refractivity contribution in [3.05, 3.63) is 6.07 Å². The predicted octanol–water partition coefficient (Wildman–Crippen LogP) is 2.64. The molecule has 5 nitrogen and oxygen atoms in total. The predicted molar refractivity (Wildman–Crippen MR) is 83.9 cm³/mol. The van der Waals surface area contributed by atoms with Crippen LogP contribution in [0.15, 0.2) is 11.2 Å². The number of nitrogen functional groups attached to an aromatic ring is 1. The minimum Gasteiger partial charge on any atom is -0.353 e. The van der Waals surface area contributed by atoms with Gasteiger partial charge in [-0.15, -0.1) is 0 Å². The summed E-state index contributed by atoms with van der Waals surface area (Å²) in [5, 5.41) is 0.785. The molecule has 20 heavy (non-hydrogen) atoms. The molecule has 1 unspecified atom stereocenters. The third-order valence-corrected chi connectivity index (χ3v) is 5.11.